The molecule has 0 atom stereocenters. The number of carbonyl (C=O) groups is 2. The summed E-state index contributed by atoms with van der Waals surface area (Å²) in [6.45, 7) is 3.89. The summed E-state index contributed by atoms with van der Waals surface area (Å²) in [5.41, 5.74) is 0.209. The summed E-state index contributed by atoms with van der Waals surface area (Å²) < 4.78 is 4.50. The number of Topliss-reactive ketones (excluding diaryl/α,β-unsaturated/α-hetero) is 1. The van der Waals surface area contributed by atoms with Gasteiger partial charge in [-0.3, -0.25) is 9.59 Å². The van der Waals surface area contributed by atoms with Crippen molar-refractivity contribution >= 4 is 11.8 Å². The summed E-state index contributed by atoms with van der Waals surface area (Å²) in [5.74, 6) is -0.291. The molecule has 1 rings (SSSR count). The Hall–Kier alpha value is -1.32. The number of ether oxygens (including phenoxy) is 1. The van der Waals surface area contributed by atoms with Gasteiger partial charge in [0.15, 0.2) is 5.78 Å². The monoisotopic (exact) mass is 226 g/mol. The number of methoxy groups -OCH3 is 1. The Kier molecular flexibility index (Phi) is 3.73. The summed E-state index contributed by atoms with van der Waals surface area (Å²) in [4.78, 5) is 22.7. The molecule has 0 radical (unpaired) electrons. The molecule has 0 aromatic heterocycles. The van der Waals surface area contributed by atoms with E-state index in [4.69, 9.17) is 0 Å². The smallest absolute Gasteiger partial charge is 0.305 e. The predicted octanol–water partition coefficient (Wildman–Crippen LogP) is 2.14. The topological polar surface area (TPSA) is 63.6 Å². The summed E-state index contributed by atoms with van der Waals surface area (Å²) >= 11 is 0. The molecule has 0 heterocycles. The van der Waals surface area contributed by atoms with Gasteiger partial charge in [0.2, 0.25) is 0 Å². The highest BCUT2D eigenvalue weighted by Gasteiger charge is 2.32. The van der Waals surface area contributed by atoms with E-state index in [0.717, 1.165) is 0 Å². The zero-order valence-electron chi connectivity index (χ0n) is 10.0. The van der Waals surface area contributed by atoms with Gasteiger partial charge in [0.1, 0.15) is 0 Å². The summed E-state index contributed by atoms with van der Waals surface area (Å²) in [5, 5.41) is 9.77. The molecule has 0 saturated heterocycles. The molecule has 4 heteroatoms. The van der Waals surface area contributed by atoms with Crippen LogP contribution < -0.4 is 0 Å². The third kappa shape index (κ3) is 3.08. The van der Waals surface area contributed by atoms with Crippen molar-refractivity contribution in [1.29, 1.82) is 0 Å². The molecule has 0 saturated carbocycles. The molecule has 4 nitrogen and oxygen atoms in total. The number of rotatable bonds is 3. The van der Waals surface area contributed by atoms with E-state index in [-0.39, 0.29) is 35.8 Å². The Bertz CT molecular complexity index is 339. The van der Waals surface area contributed by atoms with Gasteiger partial charge >= 0.3 is 5.97 Å². The van der Waals surface area contributed by atoms with Crippen molar-refractivity contribution in [3.63, 3.8) is 0 Å². The lowest BCUT2D eigenvalue weighted by molar-refractivity contribution is -0.140. The zero-order valence-corrected chi connectivity index (χ0v) is 10.0. The maximum atomic E-state index is 11.8. The van der Waals surface area contributed by atoms with E-state index < -0.39 is 0 Å². The van der Waals surface area contributed by atoms with E-state index >= 15 is 0 Å². The van der Waals surface area contributed by atoms with Crippen LogP contribution in [0.25, 0.3) is 0 Å². The normalized spacial score (nSPS) is 19.8. The number of allylic oxidation sites excluding steroid dienone is 2. The van der Waals surface area contributed by atoms with Crippen molar-refractivity contribution in [3.05, 3.63) is 11.3 Å². The molecule has 90 valence electrons. The molecule has 1 N–H and O–H groups in total. The highest BCUT2D eigenvalue weighted by atomic mass is 16.5. The highest BCUT2D eigenvalue weighted by molar-refractivity contribution is 5.97. The number of esters is 1. The SMILES string of the molecule is COC(=O)CCC1=C(O)CC(C)(C)CC1=O. The largest absolute Gasteiger partial charge is 0.512 e. The predicted molar refractivity (Wildman–Crippen MR) is 58.9 cm³/mol. The van der Waals surface area contributed by atoms with Crippen molar-refractivity contribution in [2.75, 3.05) is 7.11 Å². The average Bonchev–Trinajstić information content (AvgIpc) is 2.14. The highest BCUT2D eigenvalue weighted by Crippen LogP contribution is 2.36. The van der Waals surface area contributed by atoms with Gasteiger partial charge in [0.05, 0.1) is 12.9 Å². The minimum Gasteiger partial charge on any atom is -0.512 e. The third-order valence-corrected chi connectivity index (χ3v) is 2.78. The molecule has 1 aliphatic carbocycles. The Morgan fingerprint density at radius 2 is 2.06 bits per heavy atom. The first-order chi connectivity index (χ1) is 7.35. The van der Waals surface area contributed by atoms with E-state index in [9.17, 15) is 14.7 Å². The molecule has 0 amide bonds. The number of aliphatic hydroxyl groups excluding tert-OH is 1. The van der Waals surface area contributed by atoms with E-state index in [1.807, 2.05) is 13.8 Å². The molecule has 16 heavy (non-hydrogen) atoms. The van der Waals surface area contributed by atoms with Crippen molar-refractivity contribution in [2.45, 2.75) is 39.5 Å². The van der Waals surface area contributed by atoms with Gasteiger partial charge in [-0.05, 0) is 11.8 Å². The van der Waals surface area contributed by atoms with Crippen LogP contribution in [-0.4, -0.2) is 24.0 Å². The van der Waals surface area contributed by atoms with Crippen LogP contribution in [0.4, 0.5) is 0 Å². The summed E-state index contributed by atoms with van der Waals surface area (Å²) in [6, 6.07) is 0. The maximum Gasteiger partial charge on any atom is 0.305 e. The molecule has 0 fully saturated rings. The van der Waals surface area contributed by atoms with Crippen LogP contribution in [0.2, 0.25) is 0 Å². The molecule has 1 aliphatic rings. The van der Waals surface area contributed by atoms with Crippen LogP contribution in [0.1, 0.15) is 39.5 Å². The zero-order chi connectivity index (χ0) is 12.3. The number of carbonyl (C=O) groups excluding carboxylic acids is 2. The first kappa shape index (κ1) is 12.7. The van der Waals surface area contributed by atoms with Crippen LogP contribution in [-0.2, 0) is 14.3 Å². The molecule has 0 aliphatic heterocycles. The van der Waals surface area contributed by atoms with E-state index in [0.29, 0.717) is 18.4 Å². The second kappa shape index (κ2) is 4.68. The molecular weight excluding hydrogens is 208 g/mol. The van der Waals surface area contributed by atoms with Crippen LogP contribution in [0.5, 0.6) is 0 Å². The first-order valence-corrected chi connectivity index (χ1v) is 5.37. The van der Waals surface area contributed by atoms with Crippen molar-refractivity contribution in [2.24, 2.45) is 5.41 Å². The average molecular weight is 226 g/mol. The fraction of sp³-hybridized carbons (Fsp3) is 0.667. The Balaban J connectivity index is 2.72. The van der Waals surface area contributed by atoms with Crippen LogP contribution in [0.3, 0.4) is 0 Å². The molecule has 0 aromatic rings. The second-order valence-electron chi connectivity index (χ2n) is 4.94. The summed E-state index contributed by atoms with van der Waals surface area (Å²) in [6.07, 6.45) is 1.33. The fourth-order valence-corrected chi connectivity index (χ4v) is 1.94. The third-order valence-electron chi connectivity index (χ3n) is 2.78. The van der Waals surface area contributed by atoms with Crippen molar-refractivity contribution < 1.29 is 19.4 Å². The molecule has 0 unspecified atom stereocenters. The number of aliphatic hydroxyl groups is 1. The number of ketones is 1. The molecule has 0 aromatic carbocycles. The molecule has 0 spiro atoms. The second-order valence-corrected chi connectivity index (χ2v) is 4.94. The lowest BCUT2D eigenvalue weighted by Gasteiger charge is -2.29. The lowest BCUT2D eigenvalue weighted by atomic mass is 9.76. The van der Waals surface area contributed by atoms with Gasteiger partial charge in [0, 0.05) is 24.8 Å². The lowest BCUT2D eigenvalue weighted by Crippen LogP contribution is -2.26. The minimum atomic E-state index is -0.363. The standard InChI is InChI=1S/C12H18O4/c1-12(2)6-9(13)8(10(14)7-12)4-5-11(15)16-3/h13H,4-7H2,1-3H3. The minimum absolute atomic E-state index is 0.0577. The van der Waals surface area contributed by atoms with Gasteiger partial charge in [-0.25, -0.2) is 0 Å². The maximum absolute atomic E-state index is 11.8. The van der Waals surface area contributed by atoms with E-state index in [1.54, 1.807) is 0 Å². The Morgan fingerprint density at radius 3 is 2.56 bits per heavy atom. The van der Waals surface area contributed by atoms with Crippen LogP contribution in [0.15, 0.2) is 11.3 Å². The Morgan fingerprint density at radius 1 is 1.44 bits per heavy atom. The van der Waals surface area contributed by atoms with E-state index in [1.165, 1.54) is 7.11 Å². The van der Waals surface area contributed by atoms with Gasteiger partial charge in [-0.1, -0.05) is 13.8 Å². The quantitative estimate of drug-likeness (QED) is 0.749. The molecule has 0 bridgehead atoms. The van der Waals surface area contributed by atoms with Crippen molar-refractivity contribution in [1.82, 2.24) is 0 Å². The van der Waals surface area contributed by atoms with Gasteiger partial charge < -0.3 is 9.84 Å². The van der Waals surface area contributed by atoms with Gasteiger partial charge in [-0.15, -0.1) is 0 Å². The van der Waals surface area contributed by atoms with Gasteiger partial charge in [0.25, 0.3) is 0 Å². The molecular formula is C12H18O4. The van der Waals surface area contributed by atoms with Crippen LogP contribution in [0, 0.1) is 5.41 Å². The van der Waals surface area contributed by atoms with Gasteiger partial charge in [-0.2, -0.15) is 0 Å². The van der Waals surface area contributed by atoms with Crippen molar-refractivity contribution in [3.8, 4) is 0 Å². The van der Waals surface area contributed by atoms with E-state index in [2.05, 4.69) is 4.74 Å². The number of hydrogen-bond donors (Lipinski definition) is 1. The van der Waals surface area contributed by atoms with Crippen LogP contribution >= 0.6 is 0 Å². The first-order valence-electron chi connectivity index (χ1n) is 5.37. The Labute approximate surface area is 95.3 Å². The summed E-state index contributed by atoms with van der Waals surface area (Å²) in [7, 11) is 1.31. The number of hydrogen-bond acceptors (Lipinski definition) is 4. The fourth-order valence-electron chi connectivity index (χ4n) is 1.94.